The highest BCUT2D eigenvalue weighted by atomic mass is 32.1. The summed E-state index contributed by atoms with van der Waals surface area (Å²) in [4.78, 5) is 13.7. The molecule has 0 radical (unpaired) electrons. The van der Waals surface area contributed by atoms with Gasteiger partial charge in [0.1, 0.15) is 0 Å². The Kier molecular flexibility index (Phi) is 5.49. The number of hydrogen-bond acceptors (Lipinski definition) is 2. The first-order chi connectivity index (χ1) is 12.0. The van der Waals surface area contributed by atoms with Gasteiger partial charge in [0.2, 0.25) is 0 Å². The zero-order chi connectivity index (χ0) is 17.8. The standard InChI is InChI=1S/C21H24N2OS/c1-15(18-8-9-18)23(14-17-6-4-3-5-7-17)21(25)22-20-12-10-19(11-13-20)16(2)24/h3-7,10-13,15,18H,8-9,14H2,1-2H3,(H,22,25)/t15-/m0/s1. The molecule has 130 valence electrons. The molecule has 3 nitrogen and oxygen atoms in total. The third-order valence-corrected chi connectivity index (χ3v) is 5.13. The molecule has 3 rings (SSSR count). The lowest BCUT2D eigenvalue weighted by Gasteiger charge is -2.32. The minimum Gasteiger partial charge on any atom is -0.342 e. The Bertz CT molecular complexity index is 738. The molecule has 0 amide bonds. The van der Waals surface area contributed by atoms with Crippen LogP contribution in [-0.4, -0.2) is 21.8 Å². The van der Waals surface area contributed by atoms with Crippen molar-refractivity contribution in [1.82, 2.24) is 4.90 Å². The summed E-state index contributed by atoms with van der Waals surface area (Å²) in [5.74, 6) is 0.797. The third kappa shape index (κ3) is 4.67. The molecular weight excluding hydrogens is 328 g/mol. The lowest BCUT2D eigenvalue weighted by Crippen LogP contribution is -2.41. The first-order valence-electron chi connectivity index (χ1n) is 8.77. The van der Waals surface area contributed by atoms with E-state index in [9.17, 15) is 4.79 Å². The van der Waals surface area contributed by atoms with Crippen LogP contribution in [0.1, 0.15) is 42.6 Å². The van der Waals surface area contributed by atoms with Crippen LogP contribution in [0.3, 0.4) is 0 Å². The summed E-state index contributed by atoms with van der Waals surface area (Å²) < 4.78 is 0. The first-order valence-corrected chi connectivity index (χ1v) is 9.18. The van der Waals surface area contributed by atoms with Crippen molar-refractivity contribution >= 4 is 28.8 Å². The van der Waals surface area contributed by atoms with Gasteiger partial charge in [0, 0.05) is 23.8 Å². The second-order valence-corrected chi connectivity index (χ2v) is 7.14. The van der Waals surface area contributed by atoms with Gasteiger partial charge >= 0.3 is 0 Å². The van der Waals surface area contributed by atoms with Crippen LogP contribution in [0.25, 0.3) is 0 Å². The summed E-state index contributed by atoms with van der Waals surface area (Å²) in [6, 6.07) is 18.3. The molecule has 2 aromatic carbocycles. The van der Waals surface area contributed by atoms with Crippen molar-refractivity contribution in [2.24, 2.45) is 5.92 Å². The van der Waals surface area contributed by atoms with Crippen molar-refractivity contribution in [1.29, 1.82) is 0 Å². The molecule has 0 bridgehead atoms. The van der Waals surface area contributed by atoms with Gasteiger partial charge in [0.05, 0.1) is 0 Å². The van der Waals surface area contributed by atoms with E-state index < -0.39 is 0 Å². The number of ketones is 1. The molecule has 0 spiro atoms. The van der Waals surface area contributed by atoms with Gasteiger partial charge in [-0.2, -0.15) is 0 Å². The summed E-state index contributed by atoms with van der Waals surface area (Å²) in [7, 11) is 0. The predicted octanol–water partition coefficient (Wildman–Crippen LogP) is 4.89. The fraction of sp³-hybridized carbons (Fsp3) is 0.333. The third-order valence-electron chi connectivity index (χ3n) is 4.80. The fourth-order valence-corrected chi connectivity index (χ4v) is 3.35. The zero-order valence-electron chi connectivity index (χ0n) is 14.7. The lowest BCUT2D eigenvalue weighted by atomic mass is 10.1. The summed E-state index contributed by atoms with van der Waals surface area (Å²) in [6.45, 7) is 4.63. The van der Waals surface area contributed by atoms with Gasteiger partial charge in [-0.05, 0) is 74.7 Å². The van der Waals surface area contributed by atoms with Crippen LogP contribution >= 0.6 is 12.2 Å². The van der Waals surface area contributed by atoms with Crippen LogP contribution in [0, 0.1) is 5.92 Å². The second-order valence-electron chi connectivity index (χ2n) is 6.76. The second kappa shape index (κ2) is 7.79. The average Bonchev–Trinajstić information content (AvgIpc) is 3.45. The number of thiocarbonyl (C=S) groups is 1. The van der Waals surface area contributed by atoms with Gasteiger partial charge in [0.15, 0.2) is 10.9 Å². The Morgan fingerprint density at radius 2 is 1.80 bits per heavy atom. The summed E-state index contributed by atoms with van der Waals surface area (Å²) >= 11 is 5.71. The number of nitrogens with one attached hydrogen (secondary N) is 1. The molecule has 0 aromatic heterocycles. The van der Waals surface area contributed by atoms with Crippen molar-refractivity contribution < 1.29 is 4.79 Å². The average molecular weight is 353 g/mol. The molecule has 1 aliphatic carbocycles. The normalized spacial score (nSPS) is 14.6. The van der Waals surface area contributed by atoms with E-state index in [2.05, 4.69) is 41.4 Å². The molecular formula is C21H24N2OS. The van der Waals surface area contributed by atoms with Crippen molar-refractivity contribution in [3.63, 3.8) is 0 Å². The highest BCUT2D eigenvalue weighted by Gasteiger charge is 2.33. The maximum absolute atomic E-state index is 11.4. The van der Waals surface area contributed by atoms with E-state index in [1.807, 2.05) is 30.3 Å². The quantitative estimate of drug-likeness (QED) is 0.593. The number of anilines is 1. The van der Waals surface area contributed by atoms with Gasteiger partial charge in [-0.3, -0.25) is 4.79 Å². The van der Waals surface area contributed by atoms with Crippen molar-refractivity contribution in [3.8, 4) is 0 Å². The van der Waals surface area contributed by atoms with Crippen molar-refractivity contribution in [3.05, 3.63) is 65.7 Å². The number of carbonyl (C=O) groups excluding carboxylic acids is 1. The van der Waals surface area contributed by atoms with Crippen LogP contribution in [-0.2, 0) is 6.54 Å². The topological polar surface area (TPSA) is 32.3 Å². The number of Topliss-reactive ketones (excluding diaryl/α,β-unsaturated/α-hetero) is 1. The number of nitrogens with zero attached hydrogens (tertiary/aromatic N) is 1. The monoisotopic (exact) mass is 352 g/mol. The molecule has 1 atom stereocenters. The van der Waals surface area contributed by atoms with Crippen LogP contribution in [0.2, 0.25) is 0 Å². The Morgan fingerprint density at radius 3 is 2.36 bits per heavy atom. The molecule has 1 saturated carbocycles. The van der Waals surface area contributed by atoms with Crippen LogP contribution in [0.4, 0.5) is 5.69 Å². The Balaban J connectivity index is 1.73. The van der Waals surface area contributed by atoms with Gasteiger partial charge in [-0.25, -0.2) is 0 Å². The minimum atomic E-state index is 0.0715. The van der Waals surface area contributed by atoms with Gasteiger partial charge in [-0.1, -0.05) is 30.3 Å². The molecule has 0 aliphatic heterocycles. The molecule has 0 unspecified atom stereocenters. The number of carbonyl (C=O) groups is 1. The number of benzene rings is 2. The van der Waals surface area contributed by atoms with E-state index in [1.165, 1.54) is 18.4 Å². The molecule has 4 heteroatoms. The van der Waals surface area contributed by atoms with E-state index in [0.717, 1.165) is 23.3 Å². The van der Waals surface area contributed by atoms with Gasteiger partial charge in [-0.15, -0.1) is 0 Å². The summed E-state index contributed by atoms with van der Waals surface area (Å²) in [5, 5.41) is 4.07. The summed E-state index contributed by atoms with van der Waals surface area (Å²) in [5.41, 5.74) is 2.88. The zero-order valence-corrected chi connectivity index (χ0v) is 15.6. The number of rotatable bonds is 6. The van der Waals surface area contributed by atoms with Crippen LogP contribution in [0.5, 0.6) is 0 Å². The SMILES string of the molecule is CC(=O)c1ccc(NC(=S)N(Cc2ccccc2)[C@@H](C)C2CC2)cc1. The minimum absolute atomic E-state index is 0.0715. The fourth-order valence-electron chi connectivity index (χ4n) is 3.00. The molecule has 1 fully saturated rings. The highest BCUT2D eigenvalue weighted by molar-refractivity contribution is 7.80. The smallest absolute Gasteiger partial charge is 0.173 e. The van der Waals surface area contributed by atoms with Gasteiger partial charge < -0.3 is 10.2 Å². The lowest BCUT2D eigenvalue weighted by molar-refractivity contribution is 0.101. The van der Waals surface area contributed by atoms with Crippen LogP contribution in [0.15, 0.2) is 54.6 Å². The Hall–Kier alpha value is -2.20. The maximum Gasteiger partial charge on any atom is 0.173 e. The maximum atomic E-state index is 11.4. The van der Waals surface area contributed by atoms with Crippen molar-refractivity contribution in [2.75, 3.05) is 5.32 Å². The largest absolute Gasteiger partial charge is 0.342 e. The Morgan fingerprint density at radius 1 is 1.16 bits per heavy atom. The molecule has 1 N–H and O–H groups in total. The predicted molar refractivity (Wildman–Crippen MR) is 107 cm³/mol. The summed E-state index contributed by atoms with van der Waals surface area (Å²) in [6.07, 6.45) is 2.56. The van der Waals surface area contributed by atoms with Crippen molar-refractivity contribution in [2.45, 2.75) is 39.3 Å². The Labute approximate surface area is 155 Å². The molecule has 2 aromatic rings. The van der Waals surface area contributed by atoms with E-state index in [4.69, 9.17) is 12.2 Å². The first kappa shape index (κ1) is 17.6. The van der Waals surface area contributed by atoms with E-state index in [0.29, 0.717) is 11.6 Å². The van der Waals surface area contributed by atoms with E-state index >= 15 is 0 Å². The molecule has 1 aliphatic rings. The van der Waals surface area contributed by atoms with E-state index in [1.54, 1.807) is 6.92 Å². The highest BCUT2D eigenvalue weighted by Crippen LogP contribution is 2.36. The van der Waals surface area contributed by atoms with Crippen LogP contribution < -0.4 is 5.32 Å². The molecule has 0 saturated heterocycles. The van der Waals surface area contributed by atoms with E-state index in [-0.39, 0.29) is 5.78 Å². The number of hydrogen-bond donors (Lipinski definition) is 1. The van der Waals surface area contributed by atoms with Gasteiger partial charge in [0.25, 0.3) is 0 Å². The molecule has 0 heterocycles. The molecule has 25 heavy (non-hydrogen) atoms.